The maximum atomic E-state index is 12.8. The first-order valence-corrected chi connectivity index (χ1v) is 30.8. The van der Waals surface area contributed by atoms with Gasteiger partial charge in [0, 0.05) is 19.3 Å². The Kier molecular flexibility index (Phi) is 56.7. The van der Waals surface area contributed by atoms with E-state index in [-0.39, 0.29) is 31.1 Å². The Morgan fingerprint density at radius 1 is 0.290 bits per heavy atom. The molecule has 0 heterocycles. The van der Waals surface area contributed by atoms with Crippen molar-refractivity contribution in [1.82, 2.24) is 0 Å². The zero-order valence-corrected chi connectivity index (χ0v) is 46.6. The number of carbonyl (C=O) groups excluding carboxylic acids is 3. The quantitative estimate of drug-likeness (QED) is 0.0261. The van der Waals surface area contributed by atoms with Crippen molar-refractivity contribution in [2.75, 3.05) is 13.2 Å². The molecule has 406 valence electrons. The Morgan fingerprint density at radius 2 is 0.522 bits per heavy atom. The summed E-state index contributed by atoms with van der Waals surface area (Å²) in [6.45, 7) is 6.67. The molecule has 6 heteroatoms. The third kappa shape index (κ3) is 56.7. The van der Waals surface area contributed by atoms with Crippen molar-refractivity contribution in [1.29, 1.82) is 0 Å². The highest BCUT2D eigenvalue weighted by atomic mass is 16.6. The van der Waals surface area contributed by atoms with Gasteiger partial charge < -0.3 is 14.2 Å². The summed E-state index contributed by atoms with van der Waals surface area (Å²) in [5.41, 5.74) is 0. The molecule has 0 aliphatic carbocycles. The number of allylic oxidation sites excluding steroid dienone is 4. The minimum atomic E-state index is -0.764. The molecule has 6 nitrogen and oxygen atoms in total. The molecule has 0 saturated heterocycles. The summed E-state index contributed by atoms with van der Waals surface area (Å²) < 4.78 is 16.9. The smallest absolute Gasteiger partial charge is 0.306 e. The average molecular weight is 972 g/mol. The van der Waals surface area contributed by atoms with Gasteiger partial charge in [0.05, 0.1) is 0 Å². The predicted octanol–water partition coefficient (Wildman–Crippen LogP) is 20.7. The van der Waals surface area contributed by atoms with Crippen LogP contribution < -0.4 is 0 Å². The molecule has 1 unspecified atom stereocenters. The number of hydrogen-bond donors (Lipinski definition) is 0. The Morgan fingerprint density at radius 3 is 0.797 bits per heavy atom. The summed E-state index contributed by atoms with van der Waals surface area (Å²) in [4.78, 5) is 38.1. The second kappa shape index (κ2) is 58.5. The molecule has 0 fully saturated rings. The first-order valence-electron chi connectivity index (χ1n) is 30.8. The Bertz CT molecular complexity index is 1110. The van der Waals surface area contributed by atoms with Crippen LogP contribution in [0.4, 0.5) is 0 Å². The lowest BCUT2D eigenvalue weighted by Gasteiger charge is -2.18. The van der Waals surface area contributed by atoms with Gasteiger partial charge in [0.25, 0.3) is 0 Å². The maximum absolute atomic E-state index is 12.8. The number of rotatable bonds is 57. The van der Waals surface area contributed by atoms with E-state index in [1.54, 1.807) is 0 Å². The summed E-state index contributed by atoms with van der Waals surface area (Å²) in [7, 11) is 0. The Balaban J connectivity index is 4.13. The van der Waals surface area contributed by atoms with E-state index >= 15 is 0 Å². The van der Waals surface area contributed by atoms with Crippen LogP contribution in [0, 0.1) is 0 Å². The van der Waals surface area contributed by atoms with E-state index in [0.29, 0.717) is 19.3 Å². The van der Waals surface area contributed by atoms with Gasteiger partial charge >= 0.3 is 17.9 Å². The SMILES string of the molecule is CCCCCCC/C=C\C/C=C\CCCCCCCCCCCCCCCCCC(=O)OCC(COC(=O)CCCCCCCCCCCCC)OC(=O)CCCCCCCCCCCCCCC. The third-order valence-electron chi connectivity index (χ3n) is 14.0. The van der Waals surface area contributed by atoms with E-state index in [1.165, 1.54) is 238 Å². The first-order chi connectivity index (χ1) is 34.0. The fraction of sp³-hybridized carbons (Fsp3) is 0.889. The average Bonchev–Trinajstić information content (AvgIpc) is 3.35. The predicted molar refractivity (Wildman–Crippen MR) is 298 cm³/mol. The van der Waals surface area contributed by atoms with Gasteiger partial charge in [-0.25, -0.2) is 0 Å². The molecule has 69 heavy (non-hydrogen) atoms. The standard InChI is InChI=1S/C63H118O6/c1-4-7-10-13-16-19-22-24-25-26-27-28-29-30-31-32-33-34-35-36-37-39-41-44-47-50-53-56-62(65)68-59-60(58-67-61(64)55-52-49-46-43-40-21-18-15-12-9-6-3)69-63(66)57-54-51-48-45-42-38-23-20-17-14-11-8-5-2/h22,24,26-27,60H,4-21,23,25,28-59H2,1-3H3/b24-22-,27-26-. The van der Waals surface area contributed by atoms with Gasteiger partial charge in [0.15, 0.2) is 6.10 Å². The summed E-state index contributed by atoms with van der Waals surface area (Å²) in [6, 6.07) is 0. The number of ether oxygens (including phenoxy) is 3. The second-order valence-electron chi connectivity index (χ2n) is 21.0. The van der Waals surface area contributed by atoms with Crippen LogP contribution in [0.5, 0.6) is 0 Å². The van der Waals surface area contributed by atoms with E-state index in [1.807, 2.05) is 0 Å². The molecule has 0 aliphatic heterocycles. The van der Waals surface area contributed by atoms with Gasteiger partial charge in [-0.1, -0.05) is 295 Å². The summed E-state index contributed by atoms with van der Waals surface area (Å²) in [5.74, 6) is -0.843. The van der Waals surface area contributed by atoms with Crippen LogP contribution in [0.1, 0.15) is 342 Å². The van der Waals surface area contributed by atoms with Gasteiger partial charge in [-0.2, -0.15) is 0 Å². The fourth-order valence-corrected chi connectivity index (χ4v) is 9.30. The molecule has 0 spiro atoms. The number of esters is 3. The van der Waals surface area contributed by atoms with Crippen LogP contribution >= 0.6 is 0 Å². The number of unbranched alkanes of at least 4 members (excludes halogenated alkanes) is 42. The number of hydrogen-bond acceptors (Lipinski definition) is 6. The van der Waals surface area contributed by atoms with Crippen molar-refractivity contribution in [2.45, 2.75) is 348 Å². The van der Waals surface area contributed by atoms with E-state index in [2.05, 4.69) is 45.1 Å². The largest absolute Gasteiger partial charge is 0.462 e. The van der Waals surface area contributed by atoms with Crippen LogP contribution in [0.3, 0.4) is 0 Å². The molecule has 0 saturated carbocycles. The molecule has 0 aliphatic rings. The van der Waals surface area contributed by atoms with Crippen molar-refractivity contribution in [3.8, 4) is 0 Å². The summed E-state index contributed by atoms with van der Waals surface area (Å²) >= 11 is 0. The van der Waals surface area contributed by atoms with Crippen LogP contribution in [0.15, 0.2) is 24.3 Å². The molecule has 0 rings (SSSR count). The van der Waals surface area contributed by atoms with Crippen LogP contribution in [0.25, 0.3) is 0 Å². The minimum absolute atomic E-state index is 0.0647. The third-order valence-corrected chi connectivity index (χ3v) is 14.0. The lowest BCUT2D eigenvalue weighted by atomic mass is 10.0. The van der Waals surface area contributed by atoms with Crippen molar-refractivity contribution < 1.29 is 28.6 Å². The minimum Gasteiger partial charge on any atom is -0.462 e. The molecule has 1 atom stereocenters. The van der Waals surface area contributed by atoms with Crippen LogP contribution in [0.2, 0.25) is 0 Å². The molecular weight excluding hydrogens is 853 g/mol. The van der Waals surface area contributed by atoms with E-state index < -0.39 is 6.10 Å². The van der Waals surface area contributed by atoms with Crippen molar-refractivity contribution in [2.24, 2.45) is 0 Å². The van der Waals surface area contributed by atoms with Gasteiger partial charge in [-0.05, 0) is 51.4 Å². The normalized spacial score (nSPS) is 12.1. The molecule has 0 N–H and O–H groups in total. The first kappa shape index (κ1) is 66.9. The van der Waals surface area contributed by atoms with E-state index in [0.717, 1.165) is 64.2 Å². The van der Waals surface area contributed by atoms with Gasteiger partial charge in [-0.15, -0.1) is 0 Å². The summed E-state index contributed by atoms with van der Waals surface area (Å²) in [5, 5.41) is 0. The van der Waals surface area contributed by atoms with Gasteiger partial charge in [-0.3, -0.25) is 14.4 Å². The van der Waals surface area contributed by atoms with E-state index in [4.69, 9.17) is 14.2 Å². The molecule has 0 aromatic heterocycles. The van der Waals surface area contributed by atoms with E-state index in [9.17, 15) is 14.4 Å². The molecular formula is C63H118O6. The highest BCUT2D eigenvalue weighted by Crippen LogP contribution is 2.17. The fourth-order valence-electron chi connectivity index (χ4n) is 9.30. The van der Waals surface area contributed by atoms with Crippen molar-refractivity contribution >= 4 is 17.9 Å². The second-order valence-corrected chi connectivity index (χ2v) is 21.0. The Hall–Kier alpha value is -2.11. The molecule has 0 aromatic rings. The zero-order valence-electron chi connectivity index (χ0n) is 46.6. The van der Waals surface area contributed by atoms with Gasteiger partial charge in [0.2, 0.25) is 0 Å². The highest BCUT2D eigenvalue weighted by Gasteiger charge is 2.19. The lowest BCUT2D eigenvalue weighted by Crippen LogP contribution is -2.30. The van der Waals surface area contributed by atoms with Gasteiger partial charge in [0.1, 0.15) is 13.2 Å². The maximum Gasteiger partial charge on any atom is 0.306 e. The number of carbonyl (C=O) groups is 3. The highest BCUT2D eigenvalue weighted by molar-refractivity contribution is 5.71. The Labute approximate surface area is 430 Å². The molecule has 0 aromatic carbocycles. The molecule has 0 radical (unpaired) electrons. The lowest BCUT2D eigenvalue weighted by molar-refractivity contribution is -0.167. The monoisotopic (exact) mass is 971 g/mol. The van der Waals surface area contributed by atoms with Crippen molar-refractivity contribution in [3.05, 3.63) is 24.3 Å². The zero-order chi connectivity index (χ0) is 50.0. The molecule has 0 bridgehead atoms. The molecule has 0 amide bonds. The topological polar surface area (TPSA) is 78.9 Å². The summed E-state index contributed by atoms with van der Waals surface area (Å²) in [6.07, 6.45) is 69.0. The van der Waals surface area contributed by atoms with Crippen LogP contribution in [-0.2, 0) is 28.6 Å². The van der Waals surface area contributed by atoms with Crippen LogP contribution in [-0.4, -0.2) is 37.2 Å². The van der Waals surface area contributed by atoms with Crippen molar-refractivity contribution in [3.63, 3.8) is 0 Å².